The molecule has 2 aromatic rings. The fraction of sp³-hybridized carbons (Fsp3) is 0.476. The van der Waals surface area contributed by atoms with E-state index in [9.17, 15) is 9.59 Å². The third-order valence-corrected chi connectivity index (χ3v) is 4.35. The second-order valence-electron chi connectivity index (χ2n) is 6.74. The predicted molar refractivity (Wildman–Crippen MR) is 107 cm³/mol. The van der Waals surface area contributed by atoms with Gasteiger partial charge in [0, 0.05) is 25.3 Å². The number of nitrogens with one attached hydrogen (secondary N) is 1. The molecule has 0 spiro atoms. The minimum Gasteiger partial charge on any atom is -0.383 e. The van der Waals surface area contributed by atoms with Gasteiger partial charge in [-0.25, -0.2) is 0 Å². The molecule has 1 N–H and O–H groups in total. The Kier molecular flexibility index (Phi) is 8.68. The number of amides is 2. The van der Waals surface area contributed by atoms with Crippen LogP contribution >= 0.6 is 0 Å². The van der Waals surface area contributed by atoms with Gasteiger partial charge < -0.3 is 19.5 Å². The normalized spacial score (nSPS) is 10.7. The third-order valence-electron chi connectivity index (χ3n) is 4.35. The van der Waals surface area contributed by atoms with Gasteiger partial charge >= 0.3 is 0 Å². The molecule has 0 saturated heterocycles. The highest BCUT2D eigenvalue weighted by atomic mass is 16.5. The van der Waals surface area contributed by atoms with Crippen LogP contribution in [-0.4, -0.2) is 48.7 Å². The summed E-state index contributed by atoms with van der Waals surface area (Å²) in [5.74, 6) is 0.386. The number of hydrogen-bond acceptors (Lipinski definition) is 5. The maximum atomic E-state index is 12.9. The monoisotopic (exact) mass is 387 g/mol. The highest BCUT2D eigenvalue weighted by Gasteiger charge is 2.19. The standard InChI is InChI=1S/C21H29N3O4/c1-4-5-6-7-17-8-10-18(11-9-17)21(26)24(12-13-27-3)15-20(25)22-19-14-16(2)28-23-19/h8-11,14H,4-7,12-13,15H2,1-3H3,(H,22,23,25). The number of rotatable bonds is 11. The number of carbonyl (C=O) groups excluding carboxylic acids is 2. The summed E-state index contributed by atoms with van der Waals surface area (Å²) in [7, 11) is 1.56. The average molecular weight is 387 g/mol. The van der Waals surface area contributed by atoms with Crippen LogP contribution in [-0.2, 0) is 16.0 Å². The van der Waals surface area contributed by atoms with Crippen molar-refractivity contribution in [1.82, 2.24) is 10.1 Å². The maximum absolute atomic E-state index is 12.9. The van der Waals surface area contributed by atoms with Crippen LogP contribution in [0.25, 0.3) is 0 Å². The number of anilines is 1. The van der Waals surface area contributed by atoms with Crippen molar-refractivity contribution in [3.63, 3.8) is 0 Å². The summed E-state index contributed by atoms with van der Waals surface area (Å²) in [5, 5.41) is 6.37. The van der Waals surface area contributed by atoms with Crippen molar-refractivity contribution >= 4 is 17.6 Å². The predicted octanol–water partition coefficient (Wildman–Crippen LogP) is 3.44. The van der Waals surface area contributed by atoms with E-state index in [1.54, 1.807) is 20.1 Å². The van der Waals surface area contributed by atoms with E-state index in [2.05, 4.69) is 17.4 Å². The van der Waals surface area contributed by atoms with Crippen LogP contribution in [0.5, 0.6) is 0 Å². The Morgan fingerprint density at radius 1 is 1.21 bits per heavy atom. The number of hydrogen-bond donors (Lipinski definition) is 1. The van der Waals surface area contributed by atoms with Crippen LogP contribution in [0.15, 0.2) is 34.9 Å². The Hall–Kier alpha value is -2.67. The number of ether oxygens (including phenoxy) is 1. The Bertz CT molecular complexity index is 755. The van der Waals surface area contributed by atoms with Gasteiger partial charge in [-0.1, -0.05) is 37.1 Å². The molecule has 1 aromatic heterocycles. The molecule has 0 fully saturated rings. The number of aromatic nitrogens is 1. The van der Waals surface area contributed by atoms with Crippen molar-refractivity contribution in [2.45, 2.75) is 39.5 Å². The van der Waals surface area contributed by atoms with E-state index in [-0.39, 0.29) is 18.4 Å². The molecular weight excluding hydrogens is 358 g/mol. The van der Waals surface area contributed by atoms with Crippen molar-refractivity contribution in [2.24, 2.45) is 0 Å². The zero-order chi connectivity index (χ0) is 20.4. The van der Waals surface area contributed by atoms with Crippen molar-refractivity contribution in [3.05, 3.63) is 47.2 Å². The largest absolute Gasteiger partial charge is 0.383 e. The van der Waals surface area contributed by atoms with Gasteiger partial charge in [0.1, 0.15) is 12.3 Å². The topological polar surface area (TPSA) is 84.7 Å². The van der Waals surface area contributed by atoms with Gasteiger partial charge in [0.25, 0.3) is 5.91 Å². The summed E-state index contributed by atoms with van der Waals surface area (Å²) >= 11 is 0. The number of methoxy groups -OCH3 is 1. The number of carbonyl (C=O) groups is 2. The van der Waals surface area contributed by atoms with E-state index in [1.807, 2.05) is 24.3 Å². The van der Waals surface area contributed by atoms with Crippen molar-refractivity contribution in [3.8, 4) is 0 Å². The highest BCUT2D eigenvalue weighted by molar-refractivity contribution is 5.99. The molecule has 1 aromatic carbocycles. The van der Waals surface area contributed by atoms with E-state index >= 15 is 0 Å². The molecule has 0 atom stereocenters. The SMILES string of the molecule is CCCCCc1ccc(C(=O)N(CCOC)CC(=O)Nc2cc(C)on2)cc1. The van der Waals surface area contributed by atoms with Gasteiger partial charge in [-0.05, 0) is 37.5 Å². The van der Waals surface area contributed by atoms with Gasteiger partial charge in [-0.15, -0.1) is 0 Å². The van der Waals surface area contributed by atoms with Crippen LogP contribution in [0.4, 0.5) is 5.82 Å². The van der Waals surface area contributed by atoms with Crippen LogP contribution in [0.3, 0.4) is 0 Å². The van der Waals surface area contributed by atoms with E-state index < -0.39 is 0 Å². The van der Waals surface area contributed by atoms with Crippen LogP contribution in [0, 0.1) is 6.92 Å². The van der Waals surface area contributed by atoms with Crippen LogP contribution in [0.1, 0.15) is 47.9 Å². The molecule has 0 aliphatic carbocycles. The van der Waals surface area contributed by atoms with Gasteiger partial charge in [0.15, 0.2) is 5.82 Å². The van der Waals surface area contributed by atoms with Crippen molar-refractivity contribution in [2.75, 3.05) is 32.1 Å². The summed E-state index contributed by atoms with van der Waals surface area (Å²) in [6.45, 7) is 4.49. The summed E-state index contributed by atoms with van der Waals surface area (Å²) in [5.41, 5.74) is 1.77. The highest BCUT2D eigenvalue weighted by Crippen LogP contribution is 2.12. The first-order valence-electron chi connectivity index (χ1n) is 9.63. The van der Waals surface area contributed by atoms with Crippen LogP contribution < -0.4 is 5.32 Å². The van der Waals surface area contributed by atoms with Gasteiger partial charge in [0.2, 0.25) is 5.91 Å². The Balaban J connectivity index is 2.00. The molecule has 7 heteroatoms. The lowest BCUT2D eigenvalue weighted by Crippen LogP contribution is -2.40. The fourth-order valence-electron chi connectivity index (χ4n) is 2.81. The Morgan fingerprint density at radius 3 is 2.57 bits per heavy atom. The molecule has 1 heterocycles. The maximum Gasteiger partial charge on any atom is 0.254 e. The summed E-state index contributed by atoms with van der Waals surface area (Å²) in [4.78, 5) is 26.6. The molecule has 0 radical (unpaired) electrons. The smallest absolute Gasteiger partial charge is 0.254 e. The lowest BCUT2D eigenvalue weighted by Gasteiger charge is -2.22. The molecule has 0 saturated carbocycles. The lowest BCUT2D eigenvalue weighted by atomic mass is 10.0. The minimum absolute atomic E-state index is 0.0909. The number of nitrogens with zero attached hydrogens (tertiary/aromatic N) is 2. The summed E-state index contributed by atoms with van der Waals surface area (Å²) in [6, 6.07) is 9.23. The molecule has 0 aliphatic rings. The third kappa shape index (κ3) is 6.81. The van der Waals surface area contributed by atoms with E-state index in [0.717, 1.165) is 12.8 Å². The Labute approximate surface area is 166 Å². The first kappa shape index (κ1) is 21.6. The zero-order valence-corrected chi connectivity index (χ0v) is 16.9. The molecule has 2 rings (SSSR count). The van der Waals surface area contributed by atoms with Gasteiger partial charge in [-0.2, -0.15) is 0 Å². The van der Waals surface area contributed by atoms with Crippen LogP contribution in [0.2, 0.25) is 0 Å². The molecule has 2 amide bonds. The summed E-state index contributed by atoms with van der Waals surface area (Å²) in [6.07, 6.45) is 4.54. The van der Waals surface area contributed by atoms with Gasteiger partial charge in [0.05, 0.1) is 6.61 Å². The molecule has 0 unspecified atom stereocenters. The van der Waals surface area contributed by atoms with Crippen molar-refractivity contribution in [1.29, 1.82) is 0 Å². The zero-order valence-electron chi connectivity index (χ0n) is 16.9. The Morgan fingerprint density at radius 2 is 1.96 bits per heavy atom. The number of unbranched alkanes of at least 4 members (excludes halogenated alkanes) is 2. The second kappa shape index (κ2) is 11.2. The molecule has 28 heavy (non-hydrogen) atoms. The molecule has 152 valence electrons. The first-order valence-corrected chi connectivity index (χ1v) is 9.63. The van der Waals surface area contributed by atoms with E-state index in [0.29, 0.717) is 30.3 Å². The molecule has 7 nitrogen and oxygen atoms in total. The number of benzene rings is 1. The first-order chi connectivity index (χ1) is 13.5. The average Bonchev–Trinajstić information content (AvgIpc) is 3.09. The lowest BCUT2D eigenvalue weighted by molar-refractivity contribution is -0.117. The molecule has 0 bridgehead atoms. The minimum atomic E-state index is -0.339. The summed E-state index contributed by atoms with van der Waals surface area (Å²) < 4.78 is 10.0. The van der Waals surface area contributed by atoms with E-state index in [1.165, 1.54) is 23.3 Å². The quantitative estimate of drug-likeness (QED) is 0.597. The fourth-order valence-corrected chi connectivity index (χ4v) is 2.81. The van der Waals surface area contributed by atoms with Crippen molar-refractivity contribution < 1.29 is 18.8 Å². The second-order valence-corrected chi connectivity index (χ2v) is 6.74. The van der Waals surface area contributed by atoms with E-state index in [4.69, 9.17) is 9.26 Å². The molecular formula is C21H29N3O4. The molecule has 0 aliphatic heterocycles. The van der Waals surface area contributed by atoms with Gasteiger partial charge in [-0.3, -0.25) is 9.59 Å². The number of aryl methyl sites for hydroxylation is 2.